The van der Waals surface area contributed by atoms with Crippen molar-refractivity contribution < 1.29 is 23.1 Å². The zero-order valence-corrected chi connectivity index (χ0v) is 9.12. The van der Waals surface area contributed by atoms with Crippen LogP contribution in [0.25, 0.3) is 0 Å². The number of carboxylic acid groups (broad SMARTS) is 1. The summed E-state index contributed by atoms with van der Waals surface area (Å²) in [5.74, 6) is -2.76. The van der Waals surface area contributed by atoms with Crippen LogP contribution in [0.15, 0.2) is 0 Å². The Morgan fingerprint density at radius 1 is 1.40 bits per heavy atom. The van der Waals surface area contributed by atoms with Crippen LogP contribution in [0, 0.1) is 0 Å². The molecule has 3 nitrogen and oxygen atoms in total. The van der Waals surface area contributed by atoms with E-state index in [-0.39, 0.29) is 0 Å². The summed E-state index contributed by atoms with van der Waals surface area (Å²) in [5.41, 5.74) is 0. The number of thioether (sulfide) groups is 1. The first kappa shape index (κ1) is 14.6. The third-order valence-corrected chi connectivity index (χ3v) is 3.00. The molecule has 1 heterocycles. The van der Waals surface area contributed by atoms with Crippen molar-refractivity contribution in [3.05, 3.63) is 0 Å². The molecule has 1 aliphatic heterocycles. The minimum absolute atomic E-state index is 0.941. The second kappa shape index (κ2) is 6.95. The van der Waals surface area contributed by atoms with Gasteiger partial charge in [-0.25, -0.2) is 4.79 Å². The van der Waals surface area contributed by atoms with Crippen molar-refractivity contribution in [3.63, 3.8) is 0 Å². The van der Waals surface area contributed by atoms with E-state index in [0.717, 1.165) is 5.25 Å². The standard InChI is InChI=1S/C6H13NS.C2HF3O2/c1-8-6-2-4-7-5-3-6;3-2(4,5)1(6)7/h6-7H,2-5H2,1H3;(H,6,7). The van der Waals surface area contributed by atoms with Gasteiger partial charge in [-0.2, -0.15) is 24.9 Å². The molecule has 0 aromatic rings. The Kier molecular flexibility index (Phi) is 6.75. The van der Waals surface area contributed by atoms with Gasteiger partial charge in [0.25, 0.3) is 0 Å². The van der Waals surface area contributed by atoms with Crippen molar-refractivity contribution in [1.29, 1.82) is 0 Å². The molecule has 0 aliphatic carbocycles. The van der Waals surface area contributed by atoms with Gasteiger partial charge in [0.15, 0.2) is 0 Å². The number of alkyl halides is 3. The second-order valence-electron chi connectivity index (χ2n) is 2.99. The smallest absolute Gasteiger partial charge is 0.475 e. The Balaban J connectivity index is 0.000000265. The number of aliphatic carboxylic acids is 1. The van der Waals surface area contributed by atoms with Gasteiger partial charge in [0.05, 0.1) is 0 Å². The normalized spacial score (nSPS) is 17.9. The third-order valence-electron chi connectivity index (χ3n) is 1.86. The van der Waals surface area contributed by atoms with Gasteiger partial charge in [-0.3, -0.25) is 0 Å². The Morgan fingerprint density at radius 3 is 2.00 bits per heavy atom. The molecular formula is C8H14F3NO2S. The van der Waals surface area contributed by atoms with Crippen LogP contribution in [0.4, 0.5) is 13.2 Å². The largest absolute Gasteiger partial charge is 0.490 e. The molecule has 0 aromatic carbocycles. The highest BCUT2D eigenvalue weighted by molar-refractivity contribution is 7.99. The number of nitrogens with one attached hydrogen (secondary N) is 1. The summed E-state index contributed by atoms with van der Waals surface area (Å²) >= 11 is 2.01. The molecule has 0 spiro atoms. The number of rotatable bonds is 1. The zero-order valence-electron chi connectivity index (χ0n) is 8.30. The summed E-state index contributed by atoms with van der Waals surface area (Å²) < 4.78 is 31.7. The van der Waals surface area contributed by atoms with Crippen molar-refractivity contribution in [3.8, 4) is 0 Å². The number of carboxylic acids is 1. The fraction of sp³-hybridized carbons (Fsp3) is 0.875. The highest BCUT2D eigenvalue weighted by Gasteiger charge is 2.38. The lowest BCUT2D eigenvalue weighted by Crippen LogP contribution is -2.28. The quantitative estimate of drug-likeness (QED) is 0.738. The minimum Gasteiger partial charge on any atom is -0.475 e. The van der Waals surface area contributed by atoms with Crippen LogP contribution in [-0.4, -0.2) is 41.8 Å². The summed E-state index contributed by atoms with van der Waals surface area (Å²) in [6, 6.07) is 0. The molecule has 7 heteroatoms. The summed E-state index contributed by atoms with van der Waals surface area (Å²) in [7, 11) is 0. The van der Waals surface area contributed by atoms with Gasteiger partial charge in [-0.15, -0.1) is 0 Å². The van der Waals surface area contributed by atoms with E-state index in [1.807, 2.05) is 11.8 Å². The van der Waals surface area contributed by atoms with Crippen molar-refractivity contribution >= 4 is 17.7 Å². The van der Waals surface area contributed by atoms with Gasteiger partial charge in [0, 0.05) is 5.25 Å². The van der Waals surface area contributed by atoms with Crippen LogP contribution in [-0.2, 0) is 4.79 Å². The molecule has 0 bridgehead atoms. The van der Waals surface area contributed by atoms with Gasteiger partial charge in [0.2, 0.25) is 0 Å². The van der Waals surface area contributed by atoms with Crippen LogP contribution in [0.2, 0.25) is 0 Å². The lowest BCUT2D eigenvalue weighted by molar-refractivity contribution is -0.192. The first-order valence-electron chi connectivity index (χ1n) is 4.41. The van der Waals surface area contributed by atoms with E-state index >= 15 is 0 Å². The summed E-state index contributed by atoms with van der Waals surface area (Å²) in [6.07, 6.45) is -0.154. The van der Waals surface area contributed by atoms with Crippen LogP contribution < -0.4 is 5.32 Å². The fourth-order valence-corrected chi connectivity index (χ4v) is 1.74. The third kappa shape index (κ3) is 7.49. The highest BCUT2D eigenvalue weighted by atomic mass is 32.2. The Labute approximate surface area is 90.4 Å². The Morgan fingerprint density at radius 2 is 1.80 bits per heavy atom. The number of piperidine rings is 1. The highest BCUT2D eigenvalue weighted by Crippen LogP contribution is 2.16. The summed E-state index contributed by atoms with van der Waals surface area (Å²) in [5, 5.41) is 11.4. The summed E-state index contributed by atoms with van der Waals surface area (Å²) in [4.78, 5) is 8.90. The molecule has 1 rings (SSSR count). The van der Waals surface area contributed by atoms with Gasteiger partial charge < -0.3 is 10.4 Å². The molecule has 2 N–H and O–H groups in total. The first-order chi connectivity index (χ1) is 6.88. The first-order valence-corrected chi connectivity index (χ1v) is 5.70. The van der Waals surface area contributed by atoms with Crippen LogP contribution in [0.3, 0.4) is 0 Å². The van der Waals surface area contributed by atoms with Crippen LogP contribution in [0.5, 0.6) is 0 Å². The van der Waals surface area contributed by atoms with Crippen LogP contribution in [0.1, 0.15) is 12.8 Å². The van der Waals surface area contributed by atoms with Gasteiger partial charge in [0.1, 0.15) is 0 Å². The number of hydrogen-bond donors (Lipinski definition) is 2. The van der Waals surface area contributed by atoms with E-state index in [4.69, 9.17) is 9.90 Å². The number of hydrogen-bond acceptors (Lipinski definition) is 3. The van der Waals surface area contributed by atoms with Gasteiger partial charge in [-0.05, 0) is 32.2 Å². The molecule has 0 atom stereocenters. The van der Waals surface area contributed by atoms with E-state index < -0.39 is 12.1 Å². The molecule has 0 saturated carbocycles. The van der Waals surface area contributed by atoms with Crippen molar-refractivity contribution in [2.24, 2.45) is 0 Å². The van der Waals surface area contributed by atoms with Crippen LogP contribution >= 0.6 is 11.8 Å². The molecule has 0 unspecified atom stereocenters. The van der Waals surface area contributed by atoms with Crippen molar-refractivity contribution in [1.82, 2.24) is 5.32 Å². The molecule has 1 saturated heterocycles. The number of carbonyl (C=O) groups is 1. The molecule has 0 amide bonds. The fourth-order valence-electron chi connectivity index (χ4n) is 1.03. The van der Waals surface area contributed by atoms with Crippen molar-refractivity contribution in [2.45, 2.75) is 24.3 Å². The maximum absolute atomic E-state index is 10.6. The Hall–Kier alpha value is -0.430. The minimum atomic E-state index is -5.08. The molecule has 15 heavy (non-hydrogen) atoms. The molecule has 0 aromatic heterocycles. The van der Waals surface area contributed by atoms with Gasteiger partial charge >= 0.3 is 12.1 Å². The van der Waals surface area contributed by atoms with E-state index in [1.54, 1.807) is 0 Å². The lowest BCUT2D eigenvalue weighted by atomic mass is 10.2. The Bertz CT molecular complexity index is 193. The SMILES string of the molecule is CSC1CCNCC1.O=C(O)C(F)(F)F. The van der Waals surface area contributed by atoms with E-state index in [1.165, 1.54) is 25.9 Å². The van der Waals surface area contributed by atoms with E-state index in [9.17, 15) is 13.2 Å². The van der Waals surface area contributed by atoms with Gasteiger partial charge in [-0.1, -0.05) is 0 Å². The molecule has 1 fully saturated rings. The zero-order chi connectivity index (χ0) is 11.9. The number of halogens is 3. The average molecular weight is 245 g/mol. The van der Waals surface area contributed by atoms with Crippen molar-refractivity contribution in [2.75, 3.05) is 19.3 Å². The maximum atomic E-state index is 10.6. The maximum Gasteiger partial charge on any atom is 0.490 e. The second-order valence-corrected chi connectivity index (χ2v) is 4.13. The molecule has 90 valence electrons. The molecule has 0 radical (unpaired) electrons. The average Bonchev–Trinajstić information content (AvgIpc) is 2.18. The molecular weight excluding hydrogens is 231 g/mol. The monoisotopic (exact) mass is 245 g/mol. The van der Waals surface area contributed by atoms with E-state index in [0.29, 0.717) is 0 Å². The molecule has 1 aliphatic rings. The predicted octanol–water partition coefficient (Wildman–Crippen LogP) is 1.73. The predicted molar refractivity (Wildman–Crippen MR) is 53.1 cm³/mol. The topological polar surface area (TPSA) is 49.3 Å². The lowest BCUT2D eigenvalue weighted by Gasteiger charge is -2.19. The summed E-state index contributed by atoms with van der Waals surface area (Å²) in [6.45, 7) is 2.46. The van der Waals surface area contributed by atoms with E-state index in [2.05, 4.69) is 11.6 Å².